The molecule has 1 aliphatic rings. The number of nitrogens with two attached hydrogens (primary N) is 1. The van der Waals surface area contributed by atoms with Gasteiger partial charge in [-0.15, -0.1) is 0 Å². The molecule has 0 radical (unpaired) electrons. The van der Waals surface area contributed by atoms with Gasteiger partial charge in [-0.3, -0.25) is 14.6 Å². The van der Waals surface area contributed by atoms with Crippen LogP contribution in [0.5, 0.6) is 0 Å². The third-order valence-electron chi connectivity index (χ3n) is 4.54. The standard InChI is InChI=1S/C18H16N6/c1-20-18(7-8-18)16-6-4-13(10-22-16)12-3-5-15(21-9-12)14-11-23-24(2)17(14)19/h3-6,9-11H,7-8,19H2,2H3. The molecule has 0 bridgehead atoms. The summed E-state index contributed by atoms with van der Waals surface area (Å²) in [6.45, 7) is 7.31. The van der Waals surface area contributed by atoms with Crippen LogP contribution < -0.4 is 5.73 Å². The van der Waals surface area contributed by atoms with Gasteiger partial charge in [0.2, 0.25) is 0 Å². The van der Waals surface area contributed by atoms with Crippen molar-refractivity contribution in [1.29, 1.82) is 0 Å². The first kappa shape index (κ1) is 14.4. The summed E-state index contributed by atoms with van der Waals surface area (Å²) in [6.07, 6.45) is 7.15. The summed E-state index contributed by atoms with van der Waals surface area (Å²) < 4.78 is 1.62. The lowest BCUT2D eigenvalue weighted by Gasteiger charge is -2.06. The minimum absolute atomic E-state index is 0.363. The smallest absolute Gasteiger partial charge is 0.274 e. The third-order valence-corrected chi connectivity index (χ3v) is 4.54. The van der Waals surface area contributed by atoms with E-state index < -0.39 is 0 Å². The van der Waals surface area contributed by atoms with E-state index in [0.717, 1.165) is 40.9 Å². The Morgan fingerprint density at radius 3 is 2.25 bits per heavy atom. The van der Waals surface area contributed by atoms with E-state index in [-0.39, 0.29) is 5.54 Å². The topological polar surface area (TPSA) is 74.0 Å². The molecular formula is C18H16N6. The molecule has 24 heavy (non-hydrogen) atoms. The minimum atomic E-state index is -0.363. The molecule has 0 unspecified atom stereocenters. The molecule has 0 atom stereocenters. The molecule has 2 N–H and O–H groups in total. The molecule has 0 saturated heterocycles. The van der Waals surface area contributed by atoms with Crippen molar-refractivity contribution in [2.75, 3.05) is 5.73 Å². The minimum Gasteiger partial charge on any atom is -0.383 e. The monoisotopic (exact) mass is 316 g/mol. The lowest BCUT2D eigenvalue weighted by atomic mass is 10.1. The zero-order chi connectivity index (χ0) is 16.7. The van der Waals surface area contributed by atoms with Crippen LogP contribution in [-0.2, 0) is 12.6 Å². The Bertz CT molecular complexity index is 927. The molecule has 0 aromatic carbocycles. The molecule has 3 aromatic rings. The zero-order valence-electron chi connectivity index (χ0n) is 13.3. The quantitative estimate of drug-likeness (QED) is 0.754. The summed E-state index contributed by atoms with van der Waals surface area (Å²) in [5.41, 5.74) is 10.1. The van der Waals surface area contributed by atoms with E-state index in [1.165, 1.54) is 0 Å². The first-order valence-corrected chi connectivity index (χ1v) is 7.72. The molecule has 1 saturated carbocycles. The molecule has 6 nitrogen and oxygen atoms in total. The van der Waals surface area contributed by atoms with E-state index in [1.807, 2.05) is 30.5 Å². The van der Waals surface area contributed by atoms with E-state index in [2.05, 4.69) is 19.9 Å². The van der Waals surface area contributed by atoms with Gasteiger partial charge in [0.1, 0.15) is 11.5 Å². The second kappa shape index (κ2) is 5.17. The van der Waals surface area contributed by atoms with Gasteiger partial charge in [-0.05, 0) is 12.1 Å². The molecule has 1 fully saturated rings. The van der Waals surface area contributed by atoms with Gasteiger partial charge >= 0.3 is 0 Å². The predicted octanol–water partition coefficient (Wildman–Crippen LogP) is 3.03. The average molecular weight is 316 g/mol. The summed E-state index contributed by atoms with van der Waals surface area (Å²) in [5, 5.41) is 4.14. The highest BCUT2D eigenvalue weighted by Crippen LogP contribution is 2.48. The number of rotatable bonds is 3. The highest BCUT2D eigenvalue weighted by atomic mass is 15.3. The van der Waals surface area contributed by atoms with Crippen LogP contribution in [0.2, 0.25) is 0 Å². The van der Waals surface area contributed by atoms with Crippen molar-refractivity contribution in [3.63, 3.8) is 0 Å². The van der Waals surface area contributed by atoms with Crippen LogP contribution in [0.4, 0.5) is 5.82 Å². The van der Waals surface area contributed by atoms with Crippen LogP contribution in [0, 0.1) is 6.57 Å². The largest absolute Gasteiger partial charge is 0.383 e. The Labute approximate surface area is 139 Å². The molecule has 0 spiro atoms. The van der Waals surface area contributed by atoms with Crippen molar-refractivity contribution >= 4 is 5.82 Å². The molecule has 3 heterocycles. The van der Waals surface area contributed by atoms with Crippen LogP contribution in [0.1, 0.15) is 18.5 Å². The second-order valence-corrected chi connectivity index (χ2v) is 6.07. The van der Waals surface area contributed by atoms with Crippen molar-refractivity contribution in [2.45, 2.75) is 18.4 Å². The summed E-state index contributed by atoms with van der Waals surface area (Å²) in [4.78, 5) is 12.7. The summed E-state index contributed by atoms with van der Waals surface area (Å²) in [7, 11) is 1.80. The molecule has 6 heteroatoms. The molecule has 0 aliphatic heterocycles. The summed E-state index contributed by atoms with van der Waals surface area (Å²) in [5.74, 6) is 0.593. The Kier molecular flexibility index (Phi) is 3.10. The number of hydrogen-bond donors (Lipinski definition) is 1. The SMILES string of the molecule is [C-]#[N+]C1(c2ccc(-c3ccc(-c4cnn(C)c4N)nc3)cn2)CC1. The van der Waals surface area contributed by atoms with Gasteiger partial charge in [0.25, 0.3) is 5.54 Å². The lowest BCUT2D eigenvalue weighted by Crippen LogP contribution is -2.02. The van der Waals surface area contributed by atoms with Crippen LogP contribution in [-0.4, -0.2) is 19.7 Å². The lowest BCUT2D eigenvalue weighted by molar-refractivity contribution is 0.779. The third kappa shape index (κ3) is 2.22. The van der Waals surface area contributed by atoms with Gasteiger partial charge in [0, 0.05) is 43.4 Å². The molecular weight excluding hydrogens is 300 g/mol. The van der Waals surface area contributed by atoms with E-state index in [0.29, 0.717) is 5.82 Å². The average Bonchev–Trinajstić information content (AvgIpc) is 3.37. The van der Waals surface area contributed by atoms with Crippen molar-refractivity contribution in [2.24, 2.45) is 7.05 Å². The maximum absolute atomic E-state index is 7.31. The fourth-order valence-corrected chi connectivity index (χ4v) is 2.75. The van der Waals surface area contributed by atoms with Crippen LogP contribution in [0.25, 0.3) is 27.2 Å². The fourth-order valence-electron chi connectivity index (χ4n) is 2.75. The Morgan fingerprint density at radius 1 is 1.08 bits per heavy atom. The highest BCUT2D eigenvalue weighted by molar-refractivity contribution is 5.72. The Balaban J connectivity index is 1.61. The van der Waals surface area contributed by atoms with Crippen LogP contribution in [0.3, 0.4) is 0 Å². The van der Waals surface area contributed by atoms with Gasteiger partial charge in [-0.25, -0.2) is 6.57 Å². The number of aromatic nitrogens is 4. The van der Waals surface area contributed by atoms with Gasteiger partial charge in [0.05, 0.1) is 17.5 Å². The van der Waals surface area contributed by atoms with Gasteiger partial charge in [-0.2, -0.15) is 5.10 Å². The van der Waals surface area contributed by atoms with Crippen LogP contribution in [0.15, 0.2) is 42.9 Å². The van der Waals surface area contributed by atoms with Crippen molar-refractivity contribution in [1.82, 2.24) is 19.7 Å². The normalized spacial score (nSPS) is 15.0. The van der Waals surface area contributed by atoms with Gasteiger partial charge in [0.15, 0.2) is 0 Å². The molecule has 4 rings (SSSR count). The van der Waals surface area contributed by atoms with E-state index >= 15 is 0 Å². The molecule has 1 aliphatic carbocycles. The van der Waals surface area contributed by atoms with Gasteiger partial charge in [-0.1, -0.05) is 12.1 Å². The Morgan fingerprint density at radius 2 is 1.79 bits per heavy atom. The number of anilines is 1. The molecule has 118 valence electrons. The highest BCUT2D eigenvalue weighted by Gasteiger charge is 2.53. The Hall–Kier alpha value is -3.20. The molecule has 3 aromatic heterocycles. The predicted molar refractivity (Wildman–Crippen MR) is 91.6 cm³/mol. The van der Waals surface area contributed by atoms with Crippen LogP contribution >= 0.6 is 0 Å². The van der Waals surface area contributed by atoms with E-state index in [9.17, 15) is 0 Å². The fraction of sp³-hybridized carbons (Fsp3) is 0.222. The van der Waals surface area contributed by atoms with Crippen molar-refractivity contribution < 1.29 is 0 Å². The first-order chi connectivity index (χ1) is 11.6. The second-order valence-electron chi connectivity index (χ2n) is 6.07. The molecule has 0 amide bonds. The number of hydrogen-bond acceptors (Lipinski definition) is 4. The number of aryl methyl sites for hydroxylation is 1. The zero-order valence-corrected chi connectivity index (χ0v) is 13.3. The van der Waals surface area contributed by atoms with Crippen molar-refractivity contribution in [3.05, 3.63) is 60.0 Å². The van der Waals surface area contributed by atoms with Gasteiger partial charge < -0.3 is 10.6 Å². The van der Waals surface area contributed by atoms with E-state index in [4.69, 9.17) is 12.3 Å². The number of pyridine rings is 2. The van der Waals surface area contributed by atoms with Crippen molar-refractivity contribution in [3.8, 4) is 22.4 Å². The summed E-state index contributed by atoms with van der Waals surface area (Å²) >= 11 is 0. The van der Waals surface area contributed by atoms with E-state index in [1.54, 1.807) is 24.1 Å². The summed E-state index contributed by atoms with van der Waals surface area (Å²) in [6, 6.07) is 7.88. The maximum Gasteiger partial charge on any atom is 0.274 e. The number of nitrogen functional groups attached to an aromatic ring is 1. The number of nitrogens with zero attached hydrogens (tertiary/aromatic N) is 5. The first-order valence-electron chi connectivity index (χ1n) is 7.72. The maximum atomic E-state index is 7.31.